The molecule has 1 aliphatic heterocycles. The van der Waals surface area contributed by atoms with E-state index in [1.165, 1.54) is 0 Å². The first-order chi connectivity index (χ1) is 14.4. The predicted molar refractivity (Wildman–Crippen MR) is 119 cm³/mol. The van der Waals surface area contributed by atoms with Crippen molar-refractivity contribution < 1.29 is 9.59 Å². The van der Waals surface area contributed by atoms with E-state index in [0.29, 0.717) is 25.9 Å². The summed E-state index contributed by atoms with van der Waals surface area (Å²) in [6.45, 7) is 4.84. The van der Waals surface area contributed by atoms with Gasteiger partial charge in [0.25, 0.3) is 0 Å². The number of rotatable bonds is 5. The Bertz CT molecular complexity index is 1090. The number of fused-ring (bicyclic) bond motifs is 2. The minimum atomic E-state index is -0.502. The van der Waals surface area contributed by atoms with Gasteiger partial charge in [0.15, 0.2) is 0 Å². The van der Waals surface area contributed by atoms with Crippen LogP contribution in [-0.4, -0.2) is 32.1 Å². The van der Waals surface area contributed by atoms with Gasteiger partial charge in [0.1, 0.15) is 11.7 Å². The van der Waals surface area contributed by atoms with Crippen molar-refractivity contribution >= 4 is 33.4 Å². The molecule has 4 rings (SSSR count). The number of carbonyl (C=O) groups excluding carboxylic acids is 2. The zero-order valence-corrected chi connectivity index (χ0v) is 18.7. The van der Waals surface area contributed by atoms with E-state index in [-0.39, 0.29) is 17.7 Å². The normalized spacial score (nSPS) is 16.0. The van der Waals surface area contributed by atoms with Crippen molar-refractivity contribution in [1.82, 2.24) is 19.6 Å². The molecule has 0 saturated heterocycles. The molecule has 0 spiro atoms. The van der Waals surface area contributed by atoms with Crippen molar-refractivity contribution in [2.45, 2.75) is 45.8 Å². The lowest BCUT2D eigenvalue weighted by atomic mass is 9.92. The lowest BCUT2D eigenvalue weighted by molar-refractivity contribution is -0.142. The smallest absolute Gasteiger partial charge is 0.243 e. The van der Waals surface area contributed by atoms with Crippen LogP contribution in [0.3, 0.4) is 0 Å². The molecule has 2 amide bonds. The van der Waals surface area contributed by atoms with Crippen molar-refractivity contribution in [3.63, 3.8) is 0 Å². The maximum atomic E-state index is 13.1. The van der Waals surface area contributed by atoms with Crippen molar-refractivity contribution in [1.29, 1.82) is 0 Å². The summed E-state index contributed by atoms with van der Waals surface area (Å²) in [7, 11) is 0. The number of hydrogen-bond donors (Lipinski definition) is 1. The molecule has 0 bridgehead atoms. The summed E-state index contributed by atoms with van der Waals surface area (Å²) in [5.74, 6) is 0.132. The molecular weight excluding hydrogens is 444 g/mol. The van der Waals surface area contributed by atoms with Gasteiger partial charge in [0.2, 0.25) is 11.8 Å². The van der Waals surface area contributed by atoms with Gasteiger partial charge in [-0.2, -0.15) is 0 Å². The second-order valence-corrected chi connectivity index (χ2v) is 9.09. The highest BCUT2D eigenvalue weighted by atomic mass is 79.9. The maximum absolute atomic E-state index is 13.1. The highest BCUT2D eigenvalue weighted by molar-refractivity contribution is 9.10. The van der Waals surface area contributed by atoms with Gasteiger partial charge < -0.3 is 14.6 Å². The molecular formula is C23H25BrN4O2. The van der Waals surface area contributed by atoms with Crippen molar-refractivity contribution in [3.8, 4) is 0 Å². The summed E-state index contributed by atoms with van der Waals surface area (Å²) in [6, 6.07) is 11.4. The first kappa shape index (κ1) is 20.6. The lowest BCUT2D eigenvalue weighted by Crippen LogP contribution is -2.52. The number of nitrogens with zero attached hydrogens (tertiary/aromatic N) is 3. The second-order valence-electron chi connectivity index (χ2n) is 8.17. The molecule has 7 heteroatoms. The van der Waals surface area contributed by atoms with Gasteiger partial charge in [-0.3, -0.25) is 9.59 Å². The standard InChI is InChI=1S/C23H25BrN4O2/c1-15(2)9-22(29)28-12-17-6-4-3-5-16(17)10-20(28)23(30)25-11-19-14-27-13-18(24)7-8-21(27)26-19/h3-8,13-15,20H,9-12H2,1-2H3,(H,25,30). The highest BCUT2D eigenvalue weighted by Gasteiger charge is 2.34. The number of carbonyl (C=O) groups is 2. The van der Waals surface area contributed by atoms with Crippen LogP contribution in [0.25, 0.3) is 5.65 Å². The molecule has 3 heterocycles. The summed E-state index contributed by atoms with van der Waals surface area (Å²) in [4.78, 5) is 32.3. The highest BCUT2D eigenvalue weighted by Crippen LogP contribution is 2.25. The number of hydrogen-bond acceptors (Lipinski definition) is 3. The maximum Gasteiger partial charge on any atom is 0.243 e. The monoisotopic (exact) mass is 468 g/mol. The van der Waals surface area contributed by atoms with Gasteiger partial charge in [0.05, 0.1) is 12.2 Å². The average molecular weight is 469 g/mol. The number of amides is 2. The van der Waals surface area contributed by atoms with Gasteiger partial charge in [-0.25, -0.2) is 4.98 Å². The van der Waals surface area contributed by atoms with Gasteiger partial charge in [-0.15, -0.1) is 0 Å². The molecule has 30 heavy (non-hydrogen) atoms. The fourth-order valence-corrected chi connectivity index (χ4v) is 4.24. The lowest BCUT2D eigenvalue weighted by Gasteiger charge is -2.36. The molecule has 156 valence electrons. The molecule has 1 unspecified atom stereocenters. The number of aromatic nitrogens is 2. The van der Waals surface area contributed by atoms with Crippen LogP contribution in [0.4, 0.5) is 0 Å². The van der Waals surface area contributed by atoms with E-state index < -0.39 is 6.04 Å². The molecule has 1 N–H and O–H groups in total. The van der Waals surface area contributed by atoms with Crippen LogP contribution in [0.15, 0.2) is 53.3 Å². The Morgan fingerprint density at radius 1 is 1.17 bits per heavy atom. The summed E-state index contributed by atoms with van der Waals surface area (Å²) in [5.41, 5.74) is 3.84. The zero-order chi connectivity index (χ0) is 21.3. The zero-order valence-electron chi connectivity index (χ0n) is 17.1. The Hall–Kier alpha value is -2.67. The first-order valence-corrected chi connectivity index (χ1v) is 11.0. The Kier molecular flexibility index (Phi) is 5.90. The van der Waals surface area contributed by atoms with Crippen LogP contribution in [0.2, 0.25) is 0 Å². The predicted octanol–water partition coefficient (Wildman–Crippen LogP) is 3.71. The molecule has 1 atom stereocenters. The Morgan fingerprint density at radius 2 is 1.93 bits per heavy atom. The van der Waals surface area contributed by atoms with Crippen molar-refractivity contribution in [3.05, 3.63) is 70.1 Å². The molecule has 1 aliphatic rings. The minimum Gasteiger partial charge on any atom is -0.349 e. The number of nitrogens with one attached hydrogen (secondary N) is 1. The van der Waals surface area contributed by atoms with Crippen molar-refractivity contribution in [2.24, 2.45) is 5.92 Å². The van der Waals surface area contributed by atoms with Crippen LogP contribution < -0.4 is 5.32 Å². The molecule has 0 saturated carbocycles. The molecule has 0 radical (unpaired) electrons. The quantitative estimate of drug-likeness (QED) is 0.620. The number of imidazole rings is 1. The Balaban J connectivity index is 1.51. The Labute approximate surface area is 184 Å². The Morgan fingerprint density at radius 3 is 2.70 bits per heavy atom. The van der Waals surface area contributed by atoms with Crippen LogP contribution in [0.5, 0.6) is 0 Å². The minimum absolute atomic E-state index is 0.0252. The summed E-state index contributed by atoms with van der Waals surface area (Å²) in [6.07, 6.45) is 4.80. The van der Waals surface area contributed by atoms with Gasteiger partial charge in [-0.1, -0.05) is 38.1 Å². The molecule has 3 aromatic rings. The molecule has 0 fully saturated rings. The van der Waals surface area contributed by atoms with E-state index >= 15 is 0 Å². The summed E-state index contributed by atoms with van der Waals surface area (Å²) in [5, 5.41) is 2.99. The second kappa shape index (κ2) is 8.60. The first-order valence-electron chi connectivity index (χ1n) is 10.2. The topological polar surface area (TPSA) is 66.7 Å². The van der Waals surface area contributed by atoms with Gasteiger partial charge in [0, 0.05) is 36.3 Å². The molecule has 0 aliphatic carbocycles. The van der Waals surface area contributed by atoms with E-state index in [4.69, 9.17) is 0 Å². The fraction of sp³-hybridized carbons (Fsp3) is 0.348. The average Bonchev–Trinajstić information content (AvgIpc) is 3.12. The summed E-state index contributed by atoms with van der Waals surface area (Å²) < 4.78 is 2.88. The SMILES string of the molecule is CC(C)CC(=O)N1Cc2ccccc2CC1C(=O)NCc1cn2cc(Br)ccc2n1. The van der Waals surface area contributed by atoms with E-state index in [2.05, 4.69) is 26.2 Å². The van der Waals surface area contributed by atoms with E-state index in [9.17, 15) is 9.59 Å². The van der Waals surface area contributed by atoms with Crippen LogP contribution >= 0.6 is 15.9 Å². The molecule has 2 aromatic heterocycles. The fourth-order valence-electron chi connectivity index (χ4n) is 3.88. The van der Waals surface area contributed by atoms with E-state index in [0.717, 1.165) is 26.9 Å². The van der Waals surface area contributed by atoms with Crippen LogP contribution in [0, 0.1) is 5.92 Å². The largest absolute Gasteiger partial charge is 0.349 e. The number of benzene rings is 1. The third-order valence-electron chi connectivity index (χ3n) is 5.36. The number of halogens is 1. The van der Waals surface area contributed by atoms with Gasteiger partial charge in [-0.05, 0) is 45.1 Å². The third-order valence-corrected chi connectivity index (χ3v) is 5.83. The van der Waals surface area contributed by atoms with E-state index in [1.54, 1.807) is 4.90 Å². The van der Waals surface area contributed by atoms with E-state index in [1.807, 2.05) is 67.0 Å². The third kappa shape index (κ3) is 4.41. The van der Waals surface area contributed by atoms with Crippen molar-refractivity contribution in [2.75, 3.05) is 0 Å². The van der Waals surface area contributed by atoms with Crippen LogP contribution in [0.1, 0.15) is 37.1 Å². The summed E-state index contributed by atoms with van der Waals surface area (Å²) >= 11 is 3.45. The number of pyridine rings is 1. The van der Waals surface area contributed by atoms with Crippen LogP contribution in [-0.2, 0) is 29.1 Å². The van der Waals surface area contributed by atoms with Gasteiger partial charge >= 0.3 is 0 Å². The molecule has 1 aromatic carbocycles. The molecule has 6 nitrogen and oxygen atoms in total.